The average molecular weight is 311 g/mol. The van der Waals surface area contributed by atoms with Crippen LogP contribution in [0, 0.1) is 17.0 Å². The third kappa shape index (κ3) is 4.67. The summed E-state index contributed by atoms with van der Waals surface area (Å²) in [6, 6.07) is 0.984. The SMILES string of the molecule is Cc1ncc([N+](=O)[O-])cc1C(=O)NCC(F)(F)CN.Cl. The van der Waals surface area contributed by atoms with Crippen LogP contribution in [-0.2, 0) is 0 Å². The highest BCUT2D eigenvalue weighted by atomic mass is 35.5. The van der Waals surface area contributed by atoms with Crippen LogP contribution in [0.2, 0.25) is 0 Å². The molecule has 0 bridgehead atoms. The standard InChI is InChI=1S/C10H12F2N4O3.ClH/c1-6-8(2-7(3-14-6)16(18)19)9(17)15-5-10(11,12)4-13;/h2-3H,4-5,13H2,1H3,(H,15,17);1H. The second-order valence-electron chi connectivity index (χ2n) is 3.83. The molecule has 0 aliphatic carbocycles. The molecule has 1 amide bonds. The highest BCUT2D eigenvalue weighted by molar-refractivity contribution is 5.95. The second kappa shape index (κ2) is 7.06. The quantitative estimate of drug-likeness (QED) is 0.623. The maximum absolute atomic E-state index is 12.9. The van der Waals surface area contributed by atoms with E-state index in [0.717, 1.165) is 12.3 Å². The number of halogens is 3. The van der Waals surface area contributed by atoms with Crippen molar-refractivity contribution < 1.29 is 18.5 Å². The van der Waals surface area contributed by atoms with E-state index < -0.39 is 29.8 Å². The maximum Gasteiger partial charge on any atom is 0.288 e. The molecule has 0 radical (unpaired) electrons. The number of carbonyl (C=O) groups is 1. The lowest BCUT2D eigenvalue weighted by atomic mass is 10.1. The minimum atomic E-state index is -3.22. The molecule has 0 aliphatic heterocycles. The summed E-state index contributed by atoms with van der Waals surface area (Å²) in [5.41, 5.74) is 4.52. The summed E-state index contributed by atoms with van der Waals surface area (Å²) in [5.74, 6) is -4.08. The molecule has 0 saturated heterocycles. The number of nitrogens with one attached hydrogen (secondary N) is 1. The summed E-state index contributed by atoms with van der Waals surface area (Å²) in [6.07, 6.45) is 0.987. The van der Waals surface area contributed by atoms with Crippen molar-refractivity contribution in [1.29, 1.82) is 0 Å². The van der Waals surface area contributed by atoms with Crippen LogP contribution >= 0.6 is 12.4 Å². The maximum atomic E-state index is 12.9. The van der Waals surface area contributed by atoms with E-state index in [1.165, 1.54) is 6.92 Å². The summed E-state index contributed by atoms with van der Waals surface area (Å²) < 4.78 is 25.7. The van der Waals surface area contributed by atoms with Crippen LogP contribution in [0.3, 0.4) is 0 Å². The Morgan fingerprint density at radius 1 is 1.60 bits per heavy atom. The van der Waals surface area contributed by atoms with E-state index in [4.69, 9.17) is 5.73 Å². The van der Waals surface area contributed by atoms with Crippen molar-refractivity contribution in [3.05, 3.63) is 33.6 Å². The number of alkyl halides is 2. The Kier molecular flexibility index (Phi) is 6.40. The first kappa shape index (κ1) is 18.1. The lowest BCUT2D eigenvalue weighted by Gasteiger charge is -2.14. The van der Waals surface area contributed by atoms with Crippen molar-refractivity contribution in [1.82, 2.24) is 10.3 Å². The number of nitrogens with two attached hydrogens (primary N) is 1. The lowest BCUT2D eigenvalue weighted by molar-refractivity contribution is -0.385. The molecule has 0 saturated carbocycles. The van der Waals surface area contributed by atoms with Gasteiger partial charge in [-0.15, -0.1) is 12.4 Å². The number of nitrogens with zero attached hydrogens (tertiary/aromatic N) is 2. The molecular formula is C10H13ClF2N4O3. The summed E-state index contributed by atoms with van der Waals surface area (Å²) in [5, 5.41) is 12.5. The van der Waals surface area contributed by atoms with E-state index in [-0.39, 0.29) is 29.4 Å². The molecule has 0 unspecified atom stereocenters. The zero-order valence-electron chi connectivity index (χ0n) is 10.4. The third-order valence-corrected chi connectivity index (χ3v) is 2.33. The second-order valence-corrected chi connectivity index (χ2v) is 3.83. The minimum Gasteiger partial charge on any atom is -0.346 e. The zero-order chi connectivity index (χ0) is 14.6. The highest BCUT2D eigenvalue weighted by Gasteiger charge is 2.28. The monoisotopic (exact) mass is 310 g/mol. The van der Waals surface area contributed by atoms with Crippen molar-refractivity contribution in [3.63, 3.8) is 0 Å². The summed E-state index contributed by atoms with van der Waals surface area (Å²) in [6.45, 7) is -0.399. The Morgan fingerprint density at radius 2 is 2.20 bits per heavy atom. The van der Waals surface area contributed by atoms with Gasteiger partial charge in [0.15, 0.2) is 0 Å². The average Bonchev–Trinajstić information content (AvgIpc) is 2.36. The van der Waals surface area contributed by atoms with E-state index >= 15 is 0 Å². The van der Waals surface area contributed by atoms with Gasteiger partial charge in [0.1, 0.15) is 6.20 Å². The van der Waals surface area contributed by atoms with Gasteiger partial charge in [0, 0.05) is 6.07 Å². The van der Waals surface area contributed by atoms with E-state index in [0.29, 0.717) is 0 Å². The predicted molar refractivity (Wildman–Crippen MR) is 69.2 cm³/mol. The molecule has 0 spiro atoms. The fraction of sp³-hybridized carbons (Fsp3) is 0.400. The summed E-state index contributed by atoms with van der Waals surface area (Å²) in [7, 11) is 0. The van der Waals surface area contributed by atoms with E-state index in [1.807, 2.05) is 5.32 Å². The number of amides is 1. The summed E-state index contributed by atoms with van der Waals surface area (Å²) >= 11 is 0. The smallest absolute Gasteiger partial charge is 0.288 e. The Hall–Kier alpha value is -1.87. The Balaban J connectivity index is 0.00000361. The molecule has 0 fully saturated rings. The van der Waals surface area contributed by atoms with Crippen LogP contribution in [0.5, 0.6) is 0 Å². The number of aromatic nitrogens is 1. The van der Waals surface area contributed by atoms with Crippen LogP contribution in [0.4, 0.5) is 14.5 Å². The van der Waals surface area contributed by atoms with Gasteiger partial charge in [-0.3, -0.25) is 19.9 Å². The number of carbonyl (C=O) groups excluding carboxylic acids is 1. The van der Waals surface area contributed by atoms with Gasteiger partial charge in [-0.1, -0.05) is 0 Å². The normalized spacial score (nSPS) is 10.6. The van der Waals surface area contributed by atoms with Crippen LogP contribution in [-0.4, -0.2) is 34.8 Å². The molecular weight excluding hydrogens is 298 g/mol. The topological polar surface area (TPSA) is 111 Å². The fourth-order valence-electron chi connectivity index (χ4n) is 1.23. The van der Waals surface area contributed by atoms with E-state index in [2.05, 4.69) is 4.98 Å². The molecule has 0 aromatic carbocycles. The number of nitro groups is 1. The minimum absolute atomic E-state index is 0. The van der Waals surface area contributed by atoms with Gasteiger partial charge in [-0.25, -0.2) is 8.78 Å². The van der Waals surface area contributed by atoms with Crippen LogP contribution in [0.15, 0.2) is 12.3 Å². The van der Waals surface area contributed by atoms with Gasteiger partial charge in [-0.2, -0.15) is 0 Å². The predicted octanol–water partition coefficient (Wildman–Crippen LogP) is 1.04. The molecule has 0 aliphatic rings. The van der Waals surface area contributed by atoms with Gasteiger partial charge in [0.25, 0.3) is 17.5 Å². The zero-order valence-corrected chi connectivity index (χ0v) is 11.2. The fourth-order valence-corrected chi connectivity index (χ4v) is 1.23. The van der Waals surface area contributed by atoms with Crippen molar-refractivity contribution in [2.45, 2.75) is 12.8 Å². The largest absolute Gasteiger partial charge is 0.346 e. The molecule has 1 heterocycles. The molecule has 0 atom stereocenters. The van der Waals surface area contributed by atoms with Crippen molar-refractivity contribution in [2.24, 2.45) is 5.73 Å². The summed E-state index contributed by atoms with van der Waals surface area (Å²) in [4.78, 5) is 25.1. The number of hydrogen-bond acceptors (Lipinski definition) is 5. The van der Waals surface area contributed by atoms with Gasteiger partial charge in [0.05, 0.1) is 29.3 Å². The molecule has 7 nitrogen and oxygen atoms in total. The molecule has 1 aromatic rings. The van der Waals surface area contributed by atoms with Crippen LogP contribution < -0.4 is 11.1 Å². The number of rotatable bonds is 5. The van der Waals surface area contributed by atoms with Gasteiger partial charge in [0.2, 0.25) is 0 Å². The van der Waals surface area contributed by atoms with Crippen molar-refractivity contribution in [2.75, 3.05) is 13.1 Å². The molecule has 20 heavy (non-hydrogen) atoms. The van der Waals surface area contributed by atoms with E-state index in [9.17, 15) is 23.7 Å². The molecule has 10 heteroatoms. The Morgan fingerprint density at radius 3 is 2.70 bits per heavy atom. The van der Waals surface area contributed by atoms with Gasteiger partial charge >= 0.3 is 0 Å². The molecule has 112 valence electrons. The van der Waals surface area contributed by atoms with Crippen molar-refractivity contribution >= 4 is 24.0 Å². The van der Waals surface area contributed by atoms with Crippen LogP contribution in [0.1, 0.15) is 16.1 Å². The van der Waals surface area contributed by atoms with Gasteiger partial charge < -0.3 is 11.1 Å². The number of aryl methyl sites for hydroxylation is 1. The van der Waals surface area contributed by atoms with Crippen molar-refractivity contribution in [3.8, 4) is 0 Å². The molecule has 1 aromatic heterocycles. The Bertz CT molecular complexity index is 513. The van der Waals surface area contributed by atoms with Gasteiger partial charge in [-0.05, 0) is 6.92 Å². The first-order valence-corrected chi connectivity index (χ1v) is 5.24. The van der Waals surface area contributed by atoms with Crippen LogP contribution in [0.25, 0.3) is 0 Å². The first-order valence-electron chi connectivity index (χ1n) is 5.24. The number of pyridine rings is 1. The number of hydrogen-bond donors (Lipinski definition) is 2. The first-order chi connectivity index (χ1) is 8.76. The molecule has 3 N–H and O–H groups in total. The third-order valence-electron chi connectivity index (χ3n) is 2.33. The highest BCUT2D eigenvalue weighted by Crippen LogP contribution is 2.15. The Labute approximate surface area is 119 Å². The molecule has 1 rings (SSSR count). The van der Waals surface area contributed by atoms with E-state index in [1.54, 1.807) is 0 Å². The lowest BCUT2D eigenvalue weighted by Crippen LogP contribution is -2.41.